The molecule has 4 fully saturated rings. The number of nitrogens with one attached hydrogen (secondary N) is 1. The van der Waals surface area contributed by atoms with E-state index in [0.717, 1.165) is 51.5 Å². The summed E-state index contributed by atoms with van der Waals surface area (Å²) in [7, 11) is 0. The highest BCUT2D eigenvalue weighted by Crippen LogP contribution is 2.65. The summed E-state index contributed by atoms with van der Waals surface area (Å²) < 4.78 is 1.61. The van der Waals surface area contributed by atoms with Crippen molar-refractivity contribution >= 4 is 23.3 Å². The number of carboxylic acids is 1. The standard InChI is InChI=1S/C21H30ClN3O3/c1-13(2)3-4-23-16-11-24-25(19(28)18(16)22)21-8-14-5-15(9-21)7-20(6-14,12-21)10-17(26)27/h11,13-15,23H,3-10,12H2,1-2H3,(H,26,27)/t14-,15-,20?,21?/m1/s1. The quantitative estimate of drug-likeness (QED) is 0.710. The van der Waals surface area contributed by atoms with E-state index in [0.29, 0.717) is 23.4 Å². The molecule has 0 spiro atoms. The van der Waals surface area contributed by atoms with Crippen LogP contribution >= 0.6 is 11.6 Å². The first-order chi connectivity index (χ1) is 13.2. The van der Waals surface area contributed by atoms with Gasteiger partial charge in [-0.05, 0) is 68.1 Å². The monoisotopic (exact) mass is 407 g/mol. The van der Waals surface area contributed by atoms with Crippen molar-refractivity contribution in [1.82, 2.24) is 9.78 Å². The molecule has 4 aliphatic carbocycles. The number of carbonyl (C=O) groups is 1. The highest BCUT2D eigenvalue weighted by molar-refractivity contribution is 6.32. The molecule has 0 radical (unpaired) electrons. The van der Waals surface area contributed by atoms with E-state index in [1.165, 1.54) is 0 Å². The molecule has 0 saturated heterocycles. The number of halogens is 1. The second kappa shape index (κ2) is 7.05. The lowest BCUT2D eigenvalue weighted by Gasteiger charge is -2.61. The summed E-state index contributed by atoms with van der Waals surface area (Å²) in [5, 5.41) is 17.4. The van der Waals surface area contributed by atoms with E-state index in [1.807, 2.05) is 0 Å². The number of hydrogen-bond acceptors (Lipinski definition) is 4. The smallest absolute Gasteiger partial charge is 0.303 e. The van der Waals surface area contributed by atoms with Crippen LogP contribution in [-0.2, 0) is 10.3 Å². The van der Waals surface area contributed by atoms with E-state index in [1.54, 1.807) is 10.9 Å². The lowest BCUT2D eigenvalue weighted by molar-refractivity contribution is -0.151. The van der Waals surface area contributed by atoms with Crippen LogP contribution in [0.2, 0.25) is 5.02 Å². The summed E-state index contributed by atoms with van der Waals surface area (Å²) >= 11 is 6.44. The average molecular weight is 408 g/mol. The molecule has 1 aromatic heterocycles. The Morgan fingerprint density at radius 2 is 2.04 bits per heavy atom. The first-order valence-corrected chi connectivity index (χ1v) is 10.8. The molecule has 6 nitrogen and oxygen atoms in total. The molecule has 2 atom stereocenters. The highest BCUT2D eigenvalue weighted by atomic mass is 35.5. The molecule has 4 bridgehead atoms. The normalized spacial score (nSPS) is 33.4. The third-order valence-electron chi connectivity index (χ3n) is 7.08. The van der Waals surface area contributed by atoms with Gasteiger partial charge in [-0.25, -0.2) is 4.68 Å². The summed E-state index contributed by atoms with van der Waals surface area (Å²) in [5.41, 5.74) is -0.230. The molecule has 0 aromatic carbocycles. The van der Waals surface area contributed by atoms with Crippen molar-refractivity contribution in [2.24, 2.45) is 23.2 Å². The second-order valence-electron chi connectivity index (χ2n) is 9.95. The number of carboxylic acid groups (broad SMARTS) is 1. The first kappa shape index (κ1) is 19.7. The summed E-state index contributed by atoms with van der Waals surface area (Å²) in [6.45, 7) is 5.05. The van der Waals surface area contributed by atoms with Gasteiger partial charge in [-0.2, -0.15) is 5.10 Å². The summed E-state index contributed by atoms with van der Waals surface area (Å²) in [5.74, 6) is 0.797. The fourth-order valence-electron chi connectivity index (χ4n) is 6.57. The molecule has 2 N–H and O–H groups in total. The van der Waals surface area contributed by atoms with Crippen molar-refractivity contribution < 1.29 is 9.90 Å². The Labute approximate surface area is 170 Å². The molecule has 0 aliphatic heterocycles. The topological polar surface area (TPSA) is 84.2 Å². The van der Waals surface area contributed by atoms with E-state index in [9.17, 15) is 14.7 Å². The van der Waals surface area contributed by atoms with Crippen LogP contribution in [0.5, 0.6) is 0 Å². The molecule has 154 valence electrons. The molecule has 1 heterocycles. The van der Waals surface area contributed by atoms with Gasteiger partial charge in [-0.3, -0.25) is 9.59 Å². The Morgan fingerprint density at radius 3 is 2.64 bits per heavy atom. The molecular formula is C21H30ClN3O3. The van der Waals surface area contributed by atoms with E-state index < -0.39 is 5.97 Å². The molecule has 0 unspecified atom stereocenters. The first-order valence-electron chi connectivity index (χ1n) is 10.5. The molecule has 4 aliphatic rings. The van der Waals surface area contributed by atoms with Gasteiger partial charge >= 0.3 is 5.97 Å². The molecule has 28 heavy (non-hydrogen) atoms. The van der Waals surface area contributed by atoms with Crippen molar-refractivity contribution in [1.29, 1.82) is 0 Å². The van der Waals surface area contributed by atoms with Crippen LogP contribution in [0.1, 0.15) is 65.2 Å². The van der Waals surface area contributed by atoms with Crippen molar-refractivity contribution in [2.75, 3.05) is 11.9 Å². The maximum absolute atomic E-state index is 13.1. The predicted octanol–water partition coefficient (Wildman–Crippen LogP) is 4.12. The Balaban J connectivity index is 1.64. The number of rotatable bonds is 7. The Morgan fingerprint density at radius 1 is 1.36 bits per heavy atom. The van der Waals surface area contributed by atoms with Crippen LogP contribution < -0.4 is 10.9 Å². The number of aliphatic carboxylic acids is 1. The summed E-state index contributed by atoms with van der Waals surface area (Å²) in [6.07, 6.45) is 8.49. The minimum Gasteiger partial charge on any atom is -0.481 e. The van der Waals surface area contributed by atoms with Gasteiger partial charge in [0.05, 0.1) is 23.8 Å². The van der Waals surface area contributed by atoms with Gasteiger partial charge in [0.1, 0.15) is 5.02 Å². The van der Waals surface area contributed by atoms with Crippen LogP contribution in [0.4, 0.5) is 5.69 Å². The van der Waals surface area contributed by atoms with Crippen LogP contribution in [0.15, 0.2) is 11.0 Å². The van der Waals surface area contributed by atoms with Crippen LogP contribution in [0, 0.1) is 23.2 Å². The van der Waals surface area contributed by atoms with E-state index >= 15 is 0 Å². The maximum atomic E-state index is 13.1. The summed E-state index contributed by atoms with van der Waals surface area (Å²) in [6, 6.07) is 0. The minimum atomic E-state index is -0.736. The molecular weight excluding hydrogens is 378 g/mol. The lowest BCUT2D eigenvalue weighted by Crippen LogP contribution is -2.59. The minimum absolute atomic E-state index is 0.194. The van der Waals surface area contributed by atoms with E-state index in [-0.39, 0.29) is 28.0 Å². The molecule has 1 aromatic rings. The third kappa shape index (κ3) is 3.44. The summed E-state index contributed by atoms with van der Waals surface area (Å²) in [4.78, 5) is 24.7. The second-order valence-corrected chi connectivity index (χ2v) is 10.3. The Bertz CT molecular complexity index is 821. The molecule has 5 rings (SSSR count). The van der Waals surface area contributed by atoms with E-state index in [2.05, 4.69) is 24.3 Å². The number of hydrogen-bond donors (Lipinski definition) is 2. The van der Waals surface area contributed by atoms with Gasteiger partial charge in [0.15, 0.2) is 0 Å². The molecule has 7 heteroatoms. The highest BCUT2D eigenvalue weighted by Gasteiger charge is 2.59. The zero-order valence-electron chi connectivity index (χ0n) is 16.7. The Hall–Kier alpha value is -1.56. The largest absolute Gasteiger partial charge is 0.481 e. The average Bonchev–Trinajstić information content (AvgIpc) is 2.55. The fraction of sp³-hybridized carbons (Fsp3) is 0.762. The van der Waals surface area contributed by atoms with Crippen LogP contribution in [0.25, 0.3) is 0 Å². The van der Waals surface area contributed by atoms with Gasteiger partial charge in [-0.15, -0.1) is 0 Å². The molecule has 0 amide bonds. The predicted molar refractivity (Wildman–Crippen MR) is 109 cm³/mol. The maximum Gasteiger partial charge on any atom is 0.303 e. The number of nitrogens with zero attached hydrogens (tertiary/aromatic N) is 2. The Kier molecular flexibility index (Phi) is 4.97. The van der Waals surface area contributed by atoms with Gasteiger partial charge in [0.25, 0.3) is 5.56 Å². The van der Waals surface area contributed by atoms with Crippen molar-refractivity contribution in [3.05, 3.63) is 21.6 Å². The lowest BCUT2D eigenvalue weighted by atomic mass is 9.46. The zero-order chi connectivity index (χ0) is 20.1. The van der Waals surface area contributed by atoms with Gasteiger partial charge < -0.3 is 10.4 Å². The fourth-order valence-corrected chi connectivity index (χ4v) is 6.76. The SMILES string of the molecule is CC(C)CCNc1cnn(C23C[C@@H]4C[C@H](CC(CC(=O)O)(C4)C2)C3)c(=O)c1Cl. The number of aromatic nitrogens is 2. The van der Waals surface area contributed by atoms with Gasteiger partial charge in [0, 0.05) is 6.54 Å². The third-order valence-corrected chi connectivity index (χ3v) is 7.45. The van der Waals surface area contributed by atoms with Gasteiger partial charge in [0.2, 0.25) is 0 Å². The van der Waals surface area contributed by atoms with Crippen molar-refractivity contribution in [3.63, 3.8) is 0 Å². The van der Waals surface area contributed by atoms with Crippen molar-refractivity contribution in [3.8, 4) is 0 Å². The van der Waals surface area contributed by atoms with Crippen molar-refractivity contribution in [2.45, 2.75) is 70.8 Å². The number of anilines is 1. The van der Waals surface area contributed by atoms with Crippen LogP contribution in [0.3, 0.4) is 0 Å². The van der Waals surface area contributed by atoms with Crippen LogP contribution in [-0.4, -0.2) is 27.4 Å². The van der Waals surface area contributed by atoms with E-state index in [4.69, 9.17) is 11.6 Å². The molecule has 4 saturated carbocycles. The zero-order valence-corrected chi connectivity index (χ0v) is 17.5. The van der Waals surface area contributed by atoms with Gasteiger partial charge in [-0.1, -0.05) is 25.4 Å².